The average Bonchev–Trinajstić information content (AvgIpc) is 2.75. The number of benzene rings is 1. The van der Waals surface area contributed by atoms with E-state index in [1.807, 2.05) is 0 Å². The lowest BCUT2D eigenvalue weighted by atomic mass is 10.2. The summed E-state index contributed by atoms with van der Waals surface area (Å²) in [6.07, 6.45) is 0. The van der Waals surface area contributed by atoms with Crippen molar-refractivity contribution in [3.63, 3.8) is 0 Å². The second-order valence-electron chi connectivity index (χ2n) is 5.07. The first-order valence-corrected chi connectivity index (χ1v) is 7.02. The third-order valence-electron chi connectivity index (χ3n) is 3.30. The molecular formula is C15H17ClN4O2. The standard InChI is InChI=1S/C15H17ClN4O2/c1-9-12(13(18-20(9)4)15(22)19(2)3)17-14(21)10-7-5-6-8-11(10)16/h5-8H,1-4H3,(H,17,21). The van der Waals surface area contributed by atoms with Gasteiger partial charge in [0.1, 0.15) is 0 Å². The number of aromatic nitrogens is 2. The molecule has 2 rings (SSSR count). The molecule has 116 valence electrons. The molecule has 1 aromatic carbocycles. The first-order valence-electron chi connectivity index (χ1n) is 6.64. The zero-order chi connectivity index (χ0) is 16.4. The fourth-order valence-electron chi connectivity index (χ4n) is 1.95. The van der Waals surface area contributed by atoms with Gasteiger partial charge in [0.05, 0.1) is 22.0 Å². The van der Waals surface area contributed by atoms with E-state index in [4.69, 9.17) is 11.6 Å². The van der Waals surface area contributed by atoms with Crippen LogP contribution < -0.4 is 5.32 Å². The summed E-state index contributed by atoms with van der Waals surface area (Å²) in [6, 6.07) is 6.73. The molecule has 7 heteroatoms. The van der Waals surface area contributed by atoms with Gasteiger partial charge in [0, 0.05) is 21.1 Å². The molecule has 1 heterocycles. The van der Waals surface area contributed by atoms with E-state index < -0.39 is 0 Å². The minimum Gasteiger partial charge on any atom is -0.343 e. The number of anilines is 1. The molecule has 0 unspecified atom stereocenters. The Morgan fingerprint density at radius 2 is 1.91 bits per heavy atom. The van der Waals surface area contributed by atoms with Gasteiger partial charge in [-0.1, -0.05) is 23.7 Å². The monoisotopic (exact) mass is 320 g/mol. The molecule has 0 spiro atoms. The van der Waals surface area contributed by atoms with Crippen molar-refractivity contribution in [3.8, 4) is 0 Å². The summed E-state index contributed by atoms with van der Waals surface area (Å²) < 4.78 is 1.55. The second-order valence-corrected chi connectivity index (χ2v) is 5.47. The van der Waals surface area contributed by atoms with Crippen molar-refractivity contribution >= 4 is 29.1 Å². The number of hydrogen-bond acceptors (Lipinski definition) is 3. The van der Waals surface area contributed by atoms with Gasteiger partial charge in [-0.2, -0.15) is 5.10 Å². The predicted molar refractivity (Wildman–Crippen MR) is 85.4 cm³/mol. The van der Waals surface area contributed by atoms with Crippen LogP contribution in [0.2, 0.25) is 5.02 Å². The van der Waals surface area contributed by atoms with Crippen molar-refractivity contribution in [2.24, 2.45) is 7.05 Å². The van der Waals surface area contributed by atoms with Crippen LogP contribution in [0, 0.1) is 6.92 Å². The number of nitrogens with one attached hydrogen (secondary N) is 1. The number of carbonyl (C=O) groups is 2. The highest BCUT2D eigenvalue weighted by Gasteiger charge is 2.23. The van der Waals surface area contributed by atoms with E-state index in [1.165, 1.54) is 4.90 Å². The lowest BCUT2D eigenvalue weighted by Gasteiger charge is -2.11. The Bertz CT molecular complexity index is 737. The molecule has 0 atom stereocenters. The predicted octanol–water partition coefficient (Wildman–Crippen LogP) is 2.34. The van der Waals surface area contributed by atoms with Crippen molar-refractivity contribution in [1.29, 1.82) is 0 Å². The minimum absolute atomic E-state index is 0.199. The molecule has 0 bridgehead atoms. The molecule has 0 aliphatic rings. The Morgan fingerprint density at radius 3 is 2.50 bits per heavy atom. The molecule has 0 radical (unpaired) electrons. The SMILES string of the molecule is Cc1c(NC(=O)c2ccccc2Cl)c(C(=O)N(C)C)nn1C. The third-order valence-corrected chi connectivity index (χ3v) is 3.63. The number of halogens is 1. The lowest BCUT2D eigenvalue weighted by molar-refractivity contribution is 0.0822. The molecule has 2 aromatic rings. The molecule has 0 aliphatic heterocycles. The summed E-state index contributed by atoms with van der Waals surface area (Å²) in [4.78, 5) is 26.0. The quantitative estimate of drug-likeness (QED) is 0.944. The summed E-state index contributed by atoms with van der Waals surface area (Å²) in [5.74, 6) is -0.660. The van der Waals surface area contributed by atoms with Crippen LogP contribution >= 0.6 is 11.6 Å². The fourth-order valence-corrected chi connectivity index (χ4v) is 2.17. The molecule has 2 amide bonds. The van der Waals surface area contributed by atoms with Crippen molar-refractivity contribution in [1.82, 2.24) is 14.7 Å². The molecule has 0 saturated carbocycles. The Kier molecular flexibility index (Phi) is 4.51. The Morgan fingerprint density at radius 1 is 1.27 bits per heavy atom. The number of nitrogens with zero attached hydrogens (tertiary/aromatic N) is 3. The molecular weight excluding hydrogens is 304 g/mol. The van der Waals surface area contributed by atoms with Gasteiger partial charge in [-0.25, -0.2) is 0 Å². The van der Waals surface area contributed by atoms with Crippen LogP contribution in [0.4, 0.5) is 5.69 Å². The van der Waals surface area contributed by atoms with Gasteiger partial charge in [-0.05, 0) is 19.1 Å². The number of hydrogen-bond donors (Lipinski definition) is 1. The molecule has 6 nitrogen and oxygen atoms in total. The van der Waals surface area contributed by atoms with Gasteiger partial charge in [0.25, 0.3) is 11.8 Å². The summed E-state index contributed by atoms with van der Waals surface area (Å²) in [7, 11) is 4.98. The highest BCUT2D eigenvalue weighted by Crippen LogP contribution is 2.23. The van der Waals surface area contributed by atoms with Gasteiger partial charge in [0.2, 0.25) is 0 Å². The van der Waals surface area contributed by atoms with Crippen LogP contribution in [-0.2, 0) is 7.05 Å². The highest BCUT2D eigenvalue weighted by atomic mass is 35.5. The van der Waals surface area contributed by atoms with Crippen LogP contribution in [0.5, 0.6) is 0 Å². The van der Waals surface area contributed by atoms with E-state index in [0.717, 1.165) is 0 Å². The molecule has 22 heavy (non-hydrogen) atoms. The Hall–Kier alpha value is -2.34. The summed E-state index contributed by atoms with van der Waals surface area (Å²) in [6.45, 7) is 1.78. The maximum absolute atomic E-state index is 12.4. The lowest BCUT2D eigenvalue weighted by Crippen LogP contribution is -2.24. The van der Waals surface area contributed by atoms with Crippen molar-refractivity contribution in [3.05, 3.63) is 46.2 Å². The first-order chi connectivity index (χ1) is 10.3. The largest absolute Gasteiger partial charge is 0.343 e. The van der Waals surface area contributed by atoms with Crippen LogP contribution in [0.15, 0.2) is 24.3 Å². The molecule has 1 aromatic heterocycles. The van der Waals surface area contributed by atoms with Gasteiger partial charge >= 0.3 is 0 Å². The molecule has 0 aliphatic carbocycles. The summed E-state index contributed by atoms with van der Waals surface area (Å²) in [5, 5.41) is 7.27. The van der Waals surface area contributed by atoms with Crippen molar-refractivity contribution < 1.29 is 9.59 Å². The third kappa shape index (κ3) is 2.96. The maximum atomic E-state index is 12.4. The van der Waals surface area contributed by atoms with Crippen LogP contribution in [0.1, 0.15) is 26.5 Å². The minimum atomic E-state index is -0.380. The first kappa shape index (κ1) is 16.0. The molecule has 0 fully saturated rings. The Labute approximate surface area is 133 Å². The summed E-state index contributed by atoms with van der Waals surface area (Å²) >= 11 is 6.03. The second kappa shape index (κ2) is 6.19. The normalized spacial score (nSPS) is 10.4. The number of amides is 2. The molecule has 0 saturated heterocycles. The van der Waals surface area contributed by atoms with E-state index in [0.29, 0.717) is 22.0 Å². The van der Waals surface area contributed by atoms with Crippen LogP contribution in [0.3, 0.4) is 0 Å². The van der Waals surface area contributed by atoms with Crippen molar-refractivity contribution in [2.75, 3.05) is 19.4 Å². The number of carbonyl (C=O) groups excluding carboxylic acids is 2. The van der Waals surface area contributed by atoms with Gasteiger partial charge in [0.15, 0.2) is 5.69 Å². The van der Waals surface area contributed by atoms with E-state index >= 15 is 0 Å². The zero-order valence-corrected chi connectivity index (χ0v) is 13.6. The van der Waals surface area contributed by atoms with E-state index in [-0.39, 0.29) is 17.5 Å². The number of rotatable bonds is 3. The smallest absolute Gasteiger partial charge is 0.276 e. The highest BCUT2D eigenvalue weighted by molar-refractivity contribution is 6.34. The Balaban J connectivity index is 2.39. The van der Waals surface area contributed by atoms with E-state index in [2.05, 4.69) is 10.4 Å². The van der Waals surface area contributed by atoms with Gasteiger partial charge in [-0.3, -0.25) is 14.3 Å². The topological polar surface area (TPSA) is 67.2 Å². The zero-order valence-electron chi connectivity index (χ0n) is 12.8. The summed E-state index contributed by atoms with van der Waals surface area (Å²) in [5.41, 5.74) is 1.62. The average molecular weight is 321 g/mol. The van der Waals surface area contributed by atoms with Crippen molar-refractivity contribution in [2.45, 2.75) is 6.92 Å². The number of aryl methyl sites for hydroxylation is 1. The van der Waals surface area contributed by atoms with E-state index in [9.17, 15) is 9.59 Å². The van der Waals surface area contributed by atoms with E-state index in [1.54, 1.807) is 57.0 Å². The van der Waals surface area contributed by atoms with Crippen LogP contribution in [-0.4, -0.2) is 40.6 Å². The molecule has 1 N–H and O–H groups in total. The van der Waals surface area contributed by atoms with Gasteiger partial charge in [-0.15, -0.1) is 0 Å². The van der Waals surface area contributed by atoms with Crippen LogP contribution in [0.25, 0.3) is 0 Å². The fraction of sp³-hybridized carbons (Fsp3) is 0.267. The maximum Gasteiger partial charge on any atom is 0.276 e. The van der Waals surface area contributed by atoms with Gasteiger partial charge < -0.3 is 10.2 Å².